The molecule has 130 valence electrons. The summed E-state index contributed by atoms with van der Waals surface area (Å²) in [4.78, 5) is 24.6. The smallest absolute Gasteiger partial charge is 0.270 e. The lowest BCUT2D eigenvalue weighted by molar-refractivity contribution is -0.384. The standard InChI is InChI=1S/C19H20N2O4/c1-3-20(4-2)15-8-5-14(6-9-15)7-11-18(22)17-13-16(21(24)25)10-12-19(17)23/h5-13,23H,3-4H2,1-2H3/b11-7+. The molecule has 0 unspecified atom stereocenters. The fraction of sp³-hybridized carbons (Fsp3) is 0.211. The third kappa shape index (κ3) is 4.44. The van der Waals surface area contributed by atoms with Crippen molar-refractivity contribution in [3.8, 4) is 5.75 Å². The summed E-state index contributed by atoms with van der Waals surface area (Å²) in [5, 5.41) is 20.5. The van der Waals surface area contributed by atoms with Crippen molar-refractivity contribution in [3.63, 3.8) is 0 Å². The minimum atomic E-state index is -0.605. The Hall–Kier alpha value is -3.15. The number of anilines is 1. The number of aromatic hydroxyl groups is 1. The molecule has 0 saturated carbocycles. The summed E-state index contributed by atoms with van der Waals surface area (Å²) in [5.41, 5.74) is 1.60. The van der Waals surface area contributed by atoms with Gasteiger partial charge >= 0.3 is 0 Å². The number of hydrogen-bond donors (Lipinski definition) is 1. The fourth-order valence-electron chi connectivity index (χ4n) is 2.48. The highest BCUT2D eigenvalue weighted by atomic mass is 16.6. The predicted molar refractivity (Wildman–Crippen MR) is 98.1 cm³/mol. The molecule has 0 bridgehead atoms. The lowest BCUT2D eigenvalue weighted by atomic mass is 10.1. The maximum atomic E-state index is 12.2. The zero-order valence-electron chi connectivity index (χ0n) is 14.2. The van der Waals surface area contributed by atoms with Crippen molar-refractivity contribution in [1.82, 2.24) is 0 Å². The van der Waals surface area contributed by atoms with E-state index in [-0.39, 0.29) is 17.0 Å². The molecule has 2 rings (SSSR count). The van der Waals surface area contributed by atoms with Crippen molar-refractivity contribution in [2.45, 2.75) is 13.8 Å². The van der Waals surface area contributed by atoms with E-state index in [9.17, 15) is 20.0 Å². The van der Waals surface area contributed by atoms with Crippen molar-refractivity contribution in [3.05, 3.63) is 69.8 Å². The number of nitro benzene ring substituents is 1. The van der Waals surface area contributed by atoms with Crippen LogP contribution >= 0.6 is 0 Å². The number of carbonyl (C=O) groups is 1. The van der Waals surface area contributed by atoms with Crippen molar-refractivity contribution in [2.75, 3.05) is 18.0 Å². The summed E-state index contributed by atoms with van der Waals surface area (Å²) >= 11 is 0. The summed E-state index contributed by atoms with van der Waals surface area (Å²) in [6, 6.07) is 11.1. The van der Waals surface area contributed by atoms with Gasteiger partial charge in [-0.25, -0.2) is 0 Å². The molecule has 0 amide bonds. The predicted octanol–water partition coefficient (Wildman–Crippen LogP) is 4.04. The zero-order chi connectivity index (χ0) is 18.4. The Balaban J connectivity index is 2.18. The van der Waals surface area contributed by atoms with Gasteiger partial charge in [-0.2, -0.15) is 0 Å². The summed E-state index contributed by atoms with van der Waals surface area (Å²) in [6.45, 7) is 6.00. The van der Waals surface area contributed by atoms with Gasteiger partial charge in [-0.15, -0.1) is 0 Å². The second-order valence-corrected chi connectivity index (χ2v) is 5.42. The van der Waals surface area contributed by atoms with Crippen molar-refractivity contribution in [1.29, 1.82) is 0 Å². The van der Waals surface area contributed by atoms with E-state index in [1.165, 1.54) is 6.08 Å². The first kappa shape index (κ1) is 18.2. The number of nitrogens with zero attached hydrogens (tertiary/aromatic N) is 2. The van der Waals surface area contributed by atoms with Crippen LogP contribution in [0.15, 0.2) is 48.5 Å². The topological polar surface area (TPSA) is 83.7 Å². The minimum absolute atomic E-state index is 0.0924. The molecular formula is C19H20N2O4. The fourth-order valence-corrected chi connectivity index (χ4v) is 2.48. The molecule has 6 heteroatoms. The summed E-state index contributed by atoms with van der Waals surface area (Å²) < 4.78 is 0. The van der Waals surface area contributed by atoms with Gasteiger partial charge in [0, 0.05) is 30.9 Å². The second kappa shape index (κ2) is 8.10. The average Bonchev–Trinajstić information content (AvgIpc) is 2.62. The molecule has 0 spiro atoms. The van der Waals surface area contributed by atoms with Crippen LogP contribution in [-0.4, -0.2) is 28.9 Å². The van der Waals surface area contributed by atoms with Crippen molar-refractivity contribution < 1.29 is 14.8 Å². The SMILES string of the molecule is CCN(CC)c1ccc(/C=C/C(=O)c2cc([N+](=O)[O-])ccc2O)cc1. The molecular weight excluding hydrogens is 320 g/mol. The van der Waals surface area contributed by atoms with Crippen LogP contribution in [0.5, 0.6) is 5.75 Å². The number of allylic oxidation sites excluding steroid dienone is 1. The van der Waals surface area contributed by atoms with Gasteiger partial charge in [0.25, 0.3) is 5.69 Å². The largest absolute Gasteiger partial charge is 0.507 e. The number of hydrogen-bond acceptors (Lipinski definition) is 5. The highest BCUT2D eigenvalue weighted by molar-refractivity contribution is 6.08. The van der Waals surface area contributed by atoms with Crippen molar-refractivity contribution in [2.24, 2.45) is 0 Å². The van der Waals surface area contributed by atoms with Crippen LogP contribution in [-0.2, 0) is 0 Å². The van der Waals surface area contributed by atoms with Crippen LogP contribution in [0.4, 0.5) is 11.4 Å². The number of phenolic OH excluding ortho intramolecular Hbond substituents is 1. The zero-order valence-corrected chi connectivity index (χ0v) is 14.2. The van der Waals surface area contributed by atoms with E-state index in [1.807, 2.05) is 24.3 Å². The third-order valence-corrected chi connectivity index (χ3v) is 3.91. The molecule has 0 atom stereocenters. The Labute approximate surface area is 146 Å². The average molecular weight is 340 g/mol. The van der Waals surface area contributed by atoms with Crippen molar-refractivity contribution >= 4 is 23.2 Å². The Kier molecular flexibility index (Phi) is 5.89. The molecule has 0 fully saturated rings. The maximum Gasteiger partial charge on any atom is 0.270 e. The number of benzene rings is 2. The van der Waals surface area contributed by atoms with E-state index in [0.717, 1.165) is 42.5 Å². The summed E-state index contributed by atoms with van der Waals surface area (Å²) in [7, 11) is 0. The molecule has 0 aliphatic heterocycles. The van der Waals surface area contributed by atoms with E-state index in [0.29, 0.717) is 0 Å². The highest BCUT2D eigenvalue weighted by Crippen LogP contribution is 2.24. The van der Waals surface area contributed by atoms with Crippen LogP contribution in [0.1, 0.15) is 29.8 Å². The van der Waals surface area contributed by atoms with E-state index >= 15 is 0 Å². The monoisotopic (exact) mass is 340 g/mol. The van der Waals surface area contributed by atoms with Gasteiger partial charge in [0.1, 0.15) is 5.75 Å². The molecule has 0 radical (unpaired) electrons. The molecule has 2 aromatic carbocycles. The van der Waals surface area contributed by atoms with Gasteiger partial charge in [0.05, 0.1) is 10.5 Å². The first-order valence-electron chi connectivity index (χ1n) is 8.01. The Morgan fingerprint density at radius 1 is 1.16 bits per heavy atom. The molecule has 0 saturated heterocycles. The van der Waals surface area contributed by atoms with Crippen LogP contribution in [0.2, 0.25) is 0 Å². The molecule has 0 aliphatic carbocycles. The number of nitro groups is 1. The third-order valence-electron chi connectivity index (χ3n) is 3.91. The van der Waals surface area contributed by atoms with E-state index in [1.54, 1.807) is 6.08 Å². The molecule has 1 N–H and O–H groups in total. The van der Waals surface area contributed by atoms with E-state index < -0.39 is 10.7 Å². The quantitative estimate of drug-likeness (QED) is 0.356. The second-order valence-electron chi connectivity index (χ2n) is 5.42. The maximum absolute atomic E-state index is 12.2. The molecule has 2 aromatic rings. The van der Waals surface area contributed by atoms with E-state index in [2.05, 4.69) is 18.7 Å². The molecule has 25 heavy (non-hydrogen) atoms. The van der Waals surface area contributed by atoms with Crippen LogP contribution < -0.4 is 4.90 Å². The summed E-state index contributed by atoms with van der Waals surface area (Å²) in [5.74, 6) is -0.772. The van der Waals surface area contributed by atoms with Crippen LogP contribution in [0.3, 0.4) is 0 Å². The first-order valence-corrected chi connectivity index (χ1v) is 8.01. The van der Waals surface area contributed by atoms with Crippen LogP contribution in [0, 0.1) is 10.1 Å². The molecule has 0 aliphatic rings. The first-order chi connectivity index (χ1) is 12.0. The van der Waals surface area contributed by atoms with Gasteiger partial charge in [-0.1, -0.05) is 18.2 Å². The van der Waals surface area contributed by atoms with Gasteiger partial charge in [-0.3, -0.25) is 14.9 Å². The van der Waals surface area contributed by atoms with Crippen LogP contribution in [0.25, 0.3) is 6.08 Å². The highest BCUT2D eigenvalue weighted by Gasteiger charge is 2.14. The summed E-state index contributed by atoms with van der Waals surface area (Å²) in [6.07, 6.45) is 2.91. The number of ketones is 1. The number of non-ortho nitro benzene ring substituents is 1. The Bertz CT molecular complexity index is 794. The number of carbonyl (C=O) groups excluding carboxylic acids is 1. The van der Waals surface area contributed by atoms with Gasteiger partial charge in [0.15, 0.2) is 5.78 Å². The number of phenols is 1. The van der Waals surface area contributed by atoms with E-state index in [4.69, 9.17) is 0 Å². The molecule has 0 aromatic heterocycles. The van der Waals surface area contributed by atoms with Gasteiger partial charge in [-0.05, 0) is 43.7 Å². The lowest BCUT2D eigenvalue weighted by Crippen LogP contribution is -2.21. The van der Waals surface area contributed by atoms with Gasteiger partial charge < -0.3 is 10.0 Å². The normalized spacial score (nSPS) is 10.8. The van der Waals surface area contributed by atoms with Gasteiger partial charge in [0.2, 0.25) is 0 Å². The lowest BCUT2D eigenvalue weighted by Gasteiger charge is -2.20. The minimum Gasteiger partial charge on any atom is -0.507 e. The Morgan fingerprint density at radius 3 is 2.36 bits per heavy atom. The molecule has 6 nitrogen and oxygen atoms in total. The number of rotatable bonds is 7. The Morgan fingerprint density at radius 2 is 1.80 bits per heavy atom. The molecule has 0 heterocycles.